The van der Waals surface area contributed by atoms with Crippen LogP contribution >= 0.6 is 0 Å². The number of likely N-dealkylation sites (tertiary alicyclic amines) is 1. The van der Waals surface area contributed by atoms with Crippen molar-refractivity contribution in [3.8, 4) is 0 Å². The zero-order valence-electron chi connectivity index (χ0n) is 7.03. The number of hydrogen-bond acceptors (Lipinski definition) is 3. The first kappa shape index (κ1) is 8.97. The van der Waals surface area contributed by atoms with Crippen LogP contribution in [0.2, 0.25) is 0 Å². The zero-order chi connectivity index (χ0) is 8.27. The van der Waals surface area contributed by atoms with Crippen LogP contribution in [0.3, 0.4) is 0 Å². The molecule has 11 heavy (non-hydrogen) atoms. The molecule has 1 saturated heterocycles. The number of hydrogen-bond donors (Lipinski definition) is 2. The molecule has 0 bridgehead atoms. The third-order valence-electron chi connectivity index (χ3n) is 2.49. The zero-order valence-corrected chi connectivity index (χ0v) is 7.03. The van der Waals surface area contributed by atoms with Crippen LogP contribution < -0.4 is 0 Å². The van der Waals surface area contributed by atoms with Gasteiger partial charge in [-0.1, -0.05) is 6.92 Å². The highest BCUT2D eigenvalue weighted by Gasteiger charge is 2.25. The molecular formula is C8H17NO2. The number of rotatable bonds is 2. The van der Waals surface area contributed by atoms with Gasteiger partial charge >= 0.3 is 0 Å². The van der Waals surface area contributed by atoms with E-state index in [1.807, 2.05) is 0 Å². The second-order valence-corrected chi connectivity index (χ2v) is 3.19. The Kier molecular flexibility index (Phi) is 3.30. The Bertz CT molecular complexity index is 119. The van der Waals surface area contributed by atoms with Crippen molar-refractivity contribution in [3.05, 3.63) is 0 Å². The summed E-state index contributed by atoms with van der Waals surface area (Å²) in [5, 5.41) is 18.3. The highest BCUT2D eigenvalue weighted by atomic mass is 16.3. The summed E-state index contributed by atoms with van der Waals surface area (Å²) in [7, 11) is 0. The molecule has 0 aromatic carbocycles. The van der Waals surface area contributed by atoms with Gasteiger partial charge in [0.05, 0.1) is 6.10 Å². The van der Waals surface area contributed by atoms with E-state index in [0.717, 1.165) is 26.1 Å². The van der Waals surface area contributed by atoms with Gasteiger partial charge < -0.3 is 15.1 Å². The molecule has 0 aromatic rings. The standard InChI is InChI=1S/C8H17NO2/c1-2-9-4-3-7(6-10)8(11)5-9/h7-8,10-11H,2-6H2,1H3/t7-,8-/m0/s1. The number of β-amino-alcohol motifs (C(OH)–C–C–N with tert-alkyl or cyclic N) is 1. The van der Waals surface area contributed by atoms with E-state index < -0.39 is 0 Å². The SMILES string of the molecule is CCN1CC[C@@H](CO)[C@@H](O)C1. The number of aliphatic hydroxyl groups is 2. The van der Waals surface area contributed by atoms with Crippen LogP contribution in [-0.4, -0.2) is 47.5 Å². The summed E-state index contributed by atoms with van der Waals surface area (Å²) in [4.78, 5) is 2.21. The molecule has 1 aliphatic rings. The Balaban J connectivity index is 2.34. The Morgan fingerprint density at radius 3 is 2.73 bits per heavy atom. The number of nitrogens with zero attached hydrogens (tertiary/aromatic N) is 1. The second-order valence-electron chi connectivity index (χ2n) is 3.19. The lowest BCUT2D eigenvalue weighted by molar-refractivity contribution is -0.0000522. The van der Waals surface area contributed by atoms with E-state index in [4.69, 9.17) is 5.11 Å². The van der Waals surface area contributed by atoms with E-state index in [0.29, 0.717) is 0 Å². The minimum Gasteiger partial charge on any atom is -0.396 e. The van der Waals surface area contributed by atoms with E-state index in [9.17, 15) is 5.11 Å². The second kappa shape index (κ2) is 4.04. The molecule has 1 heterocycles. The summed E-state index contributed by atoms with van der Waals surface area (Å²) in [6, 6.07) is 0. The molecule has 1 aliphatic heterocycles. The lowest BCUT2D eigenvalue weighted by Gasteiger charge is -2.34. The summed E-state index contributed by atoms with van der Waals surface area (Å²) < 4.78 is 0. The monoisotopic (exact) mass is 159 g/mol. The number of piperidine rings is 1. The maximum Gasteiger partial charge on any atom is 0.0717 e. The number of aliphatic hydroxyl groups excluding tert-OH is 2. The normalized spacial score (nSPS) is 34.1. The molecule has 2 N–H and O–H groups in total. The van der Waals surface area contributed by atoms with Crippen molar-refractivity contribution < 1.29 is 10.2 Å². The first-order valence-electron chi connectivity index (χ1n) is 4.29. The fourth-order valence-corrected chi connectivity index (χ4v) is 1.55. The topological polar surface area (TPSA) is 43.7 Å². The summed E-state index contributed by atoms with van der Waals surface area (Å²) >= 11 is 0. The fraction of sp³-hybridized carbons (Fsp3) is 1.00. The molecule has 0 amide bonds. The molecule has 1 fully saturated rings. The maximum absolute atomic E-state index is 9.47. The first-order chi connectivity index (χ1) is 5.27. The first-order valence-corrected chi connectivity index (χ1v) is 4.29. The van der Waals surface area contributed by atoms with E-state index in [2.05, 4.69) is 11.8 Å². The van der Waals surface area contributed by atoms with Crippen LogP contribution in [0, 0.1) is 5.92 Å². The molecule has 3 heteroatoms. The van der Waals surface area contributed by atoms with Crippen molar-refractivity contribution in [1.29, 1.82) is 0 Å². The van der Waals surface area contributed by atoms with Gasteiger partial charge in [-0.25, -0.2) is 0 Å². The van der Waals surface area contributed by atoms with Crippen LogP contribution in [0.4, 0.5) is 0 Å². The van der Waals surface area contributed by atoms with E-state index >= 15 is 0 Å². The third-order valence-corrected chi connectivity index (χ3v) is 2.49. The highest BCUT2D eigenvalue weighted by Crippen LogP contribution is 2.16. The largest absolute Gasteiger partial charge is 0.396 e. The van der Waals surface area contributed by atoms with E-state index in [1.54, 1.807) is 0 Å². The molecule has 0 unspecified atom stereocenters. The van der Waals surface area contributed by atoms with Crippen LogP contribution in [0.15, 0.2) is 0 Å². The van der Waals surface area contributed by atoms with Crippen LogP contribution in [0.5, 0.6) is 0 Å². The third kappa shape index (κ3) is 2.15. The van der Waals surface area contributed by atoms with Gasteiger partial charge in [0, 0.05) is 19.1 Å². The quantitative estimate of drug-likeness (QED) is 0.580. The van der Waals surface area contributed by atoms with Crippen LogP contribution in [0.25, 0.3) is 0 Å². The highest BCUT2D eigenvalue weighted by molar-refractivity contribution is 4.78. The average Bonchev–Trinajstić information content (AvgIpc) is 2.04. The summed E-state index contributed by atoms with van der Waals surface area (Å²) in [6.45, 7) is 4.94. The van der Waals surface area contributed by atoms with Crippen molar-refractivity contribution in [1.82, 2.24) is 4.90 Å². The minimum absolute atomic E-state index is 0.109. The maximum atomic E-state index is 9.47. The molecule has 0 spiro atoms. The Morgan fingerprint density at radius 2 is 2.27 bits per heavy atom. The lowest BCUT2D eigenvalue weighted by Crippen LogP contribution is -2.44. The van der Waals surface area contributed by atoms with Gasteiger partial charge in [0.1, 0.15) is 0 Å². The van der Waals surface area contributed by atoms with Gasteiger partial charge in [-0.15, -0.1) is 0 Å². The molecule has 2 atom stereocenters. The summed E-state index contributed by atoms with van der Waals surface area (Å²) in [5.41, 5.74) is 0. The van der Waals surface area contributed by atoms with Gasteiger partial charge in [-0.05, 0) is 19.5 Å². The molecule has 1 rings (SSSR count). The van der Waals surface area contributed by atoms with Crippen LogP contribution in [0.1, 0.15) is 13.3 Å². The van der Waals surface area contributed by atoms with Gasteiger partial charge in [-0.2, -0.15) is 0 Å². The summed E-state index contributed by atoms with van der Waals surface area (Å²) in [6.07, 6.45) is 0.597. The Hall–Kier alpha value is -0.120. The molecular weight excluding hydrogens is 142 g/mol. The molecule has 3 nitrogen and oxygen atoms in total. The smallest absolute Gasteiger partial charge is 0.0717 e. The van der Waals surface area contributed by atoms with Crippen molar-refractivity contribution >= 4 is 0 Å². The molecule has 0 radical (unpaired) electrons. The molecule has 0 aliphatic carbocycles. The van der Waals surface area contributed by atoms with Gasteiger partial charge in [0.25, 0.3) is 0 Å². The Morgan fingerprint density at radius 1 is 1.55 bits per heavy atom. The van der Waals surface area contributed by atoms with Crippen molar-refractivity contribution in [2.45, 2.75) is 19.4 Å². The van der Waals surface area contributed by atoms with Crippen molar-refractivity contribution in [2.75, 3.05) is 26.2 Å². The van der Waals surface area contributed by atoms with Crippen molar-refractivity contribution in [2.24, 2.45) is 5.92 Å². The van der Waals surface area contributed by atoms with E-state index in [-0.39, 0.29) is 18.6 Å². The van der Waals surface area contributed by atoms with E-state index in [1.165, 1.54) is 0 Å². The van der Waals surface area contributed by atoms with Gasteiger partial charge in [0.2, 0.25) is 0 Å². The molecule has 0 saturated carbocycles. The predicted octanol–water partition coefficient (Wildman–Crippen LogP) is -0.319. The molecule has 66 valence electrons. The Labute approximate surface area is 67.6 Å². The molecule has 0 aromatic heterocycles. The lowest BCUT2D eigenvalue weighted by atomic mass is 9.95. The summed E-state index contributed by atoms with van der Waals surface area (Å²) in [5.74, 6) is 0.109. The minimum atomic E-state index is -0.325. The van der Waals surface area contributed by atoms with Gasteiger partial charge in [-0.3, -0.25) is 0 Å². The number of likely N-dealkylation sites (N-methyl/N-ethyl adjacent to an activating group) is 1. The van der Waals surface area contributed by atoms with Gasteiger partial charge in [0.15, 0.2) is 0 Å². The van der Waals surface area contributed by atoms with Crippen LogP contribution in [-0.2, 0) is 0 Å². The van der Waals surface area contributed by atoms with Crippen molar-refractivity contribution in [3.63, 3.8) is 0 Å². The average molecular weight is 159 g/mol. The fourth-order valence-electron chi connectivity index (χ4n) is 1.55. The predicted molar refractivity (Wildman–Crippen MR) is 43.3 cm³/mol.